The molecule has 2 aromatic carbocycles. The van der Waals surface area contributed by atoms with E-state index < -0.39 is 0 Å². The number of imide groups is 1. The molecule has 1 saturated heterocycles. The summed E-state index contributed by atoms with van der Waals surface area (Å²) in [6.45, 7) is 7.60. The van der Waals surface area contributed by atoms with E-state index >= 15 is 0 Å². The molecule has 33 heavy (non-hydrogen) atoms. The van der Waals surface area contributed by atoms with Crippen molar-refractivity contribution in [1.29, 1.82) is 0 Å². The van der Waals surface area contributed by atoms with Gasteiger partial charge in [0.05, 0.1) is 17.9 Å². The number of rotatable bonds is 6. The van der Waals surface area contributed by atoms with Gasteiger partial charge in [0.25, 0.3) is 11.8 Å². The third-order valence-corrected chi connectivity index (χ3v) is 6.06. The van der Waals surface area contributed by atoms with Crippen molar-refractivity contribution in [3.05, 3.63) is 59.8 Å². The summed E-state index contributed by atoms with van der Waals surface area (Å²) in [5.41, 5.74) is 2.66. The van der Waals surface area contributed by atoms with Crippen molar-refractivity contribution in [1.82, 2.24) is 4.90 Å². The molecule has 7 heteroatoms. The molecule has 0 aromatic heterocycles. The zero-order chi connectivity index (χ0) is 23.5. The number of carbonyl (C=O) groups is 3. The molecule has 172 valence electrons. The highest BCUT2D eigenvalue weighted by molar-refractivity contribution is 6.45. The van der Waals surface area contributed by atoms with Crippen molar-refractivity contribution in [2.75, 3.05) is 29.9 Å². The van der Waals surface area contributed by atoms with Crippen LogP contribution in [0.15, 0.2) is 54.2 Å². The Morgan fingerprint density at radius 1 is 1.00 bits per heavy atom. The van der Waals surface area contributed by atoms with E-state index in [0.717, 1.165) is 31.7 Å². The number of nitrogens with one attached hydrogen (secondary N) is 1. The molecule has 7 nitrogen and oxygen atoms in total. The molecule has 0 unspecified atom stereocenters. The number of hydrogen-bond acceptors (Lipinski definition) is 5. The predicted octanol–water partition coefficient (Wildman–Crippen LogP) is 4.06. The first-order chi connectivity index (χ1) is 15.9. The molecule has 0 aliphatic carbocycles. The third kappa shape index (κ3) is 4.62. The van der Waals surface area contributed by atoms with Gasteiger partial charge in [-0.05, 0) is 67.6 Å². The van der Waals surface area contributed by atoms with Crippen LogP contribution in [0.1, 0.15) is 39.2 Å². The third-order valence-electron chi connectivity index (χ3n) is 6.06. The SMILES string of the molecule is CCOc1ccc(C2=C(N3CCC(C)CC3)C(=O)N(c3ccc(NC(C)=O)cc3)C2=O)cc1. The summed E-state index contributed by atoms with van der Waals surface area (Å²) in [6, 6.07) is 14.1. The molecule has 2 aliphatic heterocycles. The van der Waals surface area contributed by atoms with Crippen molar-refractivity contribution in [3.63, 3.8) is 0 Å². The number of piperidine rings is 1. The van der Waals surface area contributed by atoms with Gasteiger partial charge >= 0.3 is 0 Å². The van der Waals surface area contributed by atoms with Gasteiger partial charge in [-0.15, -0.1) is 0 Å². The van der Waals surface area contributed by atoms with Gasteiger partial charge in [0.1, 0.15) is 11.4 Å². The van der Waals surface area contributed by atoms with Crippen LogP contribution in [0.5, 0.6) is 5.75 Å². The van der Waals surface area contributed by atoms with Gasteiger partial charge in [-0.3, -0.25) is 14.4 Å². The predicted molar refractivity (Wildman–Crippen MR) is 128 cm³/mol. The first-order valence-corrected chi connectivity index (χ1v) is 11.4. The summed E-state index contributed by atoms with van der Waals surface area (Å²) in [6.07, 6.45) is 1.96. The largest absolute Gasteiger partial charge is 0.494 e. The lowest BCUT2D eigenvalue weighted by Crippen LogP contribution is -2.38. The number of nitrogens with zero attached hydrogens (tertiary/aromatic N) is 2. The van der Waals surface area contributed by atoms with Crippen LogP contribution in [0.25, 0.3) is 5.57 Å². The number of likely N-dealkylation sites (tertiary alicyclic amines) is 1. The lowest BCUT2D eigenvalue weighted by molar-refractivity contribution is -0.121. The van der Waals surface area contributed by atoms with Crippen molar-refractivity contribution in [3.8, 4) is 5.75 Å². The van der Waals surface area contributed by atoms with E-state index in [1.807, 2.05) is 31.2 Å². The fourth-order valence-electron chi connectivity index (χ4n) is 4.32. The highest BCUT2D eigenvalue weighted by Gasteiger charge is 2.43. The lowest BCUT2D eigenvalue weighted by Gasteiger charge is -2.32. The fourth-order valence-corrected chi connectivity index (χ4v) is 4.32. The molecule has 1 N–H and O–H groups in total. The van der Waals surface area contributed by atoms with Crippen LogP contribution in [0.4, 0.5) is 11.4 Å². The highest BCUT2D eigenvalue weighted by Crippen LogP contribution is 2.37. The molecule has 3 amide bonds. The highest BCUT2D eigenvalue weighted by atomic mass is 16.5. The Morgan fingerprint density at radius 3 is 2.21 bits per heavy atom. The van der Waals surface area contributed by atoms with Gasteiger partial charge in [0.2, 0.25) is 5.91 Å². The maximum atomic E-state index is 13.6. The maximum Gasteiger partial charge on any atom is 0.282 e. The van der Waals surface area contributed by atoms with E-state index in [9.17, 15) is 14.4 Å². The quantitative estimate of drug-likeness (QED) is 0.676. The lowest BCUT2D eigenvalue weighted by atomic mass is 9.97. The van der Waals surface area contributed by atoms with Crippen LogP contribution < -0.4 is 15.0 Å². The molecule has 2 heterocycles. The zero-order valence-electron chi connectivity index (χ0n) is 19.3. The normalized spacial score (nSPS) is 17.1. The Balaban J connectivity index is 1.71. The van der Waals surface area contributed by atoms with Crippen LogP contribution in [0.3, 0.4) is 0 Å². The smallest absolute Gasteiger partial charge is 0.282 e. The average molecular weight is 448 g/mol. The molecule has 1 fully saturated rings. The van der Waals surface area contributed by atoms with E-state index in [2.05, 4.69) is 17.1 Å². The van der Waals surface area contributed by atoms with E-state index in [1.165, 1.54) is 11.8 Å². The molecule has 0 atom stereocenters. The maximum absolute atomic E-state index is 13.6. The van der Waals surface area contributed by atoms with E-state index in [1.54, 1.807) is 24.3 Å². The van der Waals surface area contributed by atoms with Crippen LogP contribution in [-0.4, -0.2) is 42.3 Å². The number of carbonyl (C=O) groups excluding carboxylic acids is 3. The molecule has 4 rings (SSSR count). The number of ether oxygens (including phenoxy) is 1. The monoisotopic (exact) mass is 447 g/mol. The van der Waals surface area contributed by atoms with Gasteiger partial charge in [-0.2, -0.15) is 0 Å². The summed E-state index contributed by atoms with van der Waals surface area (Å²) >= 11 is 0. The van der Waals surface area contributed by atoms with Crippen LogP contribution in [0.2, 0.25) is 0 Å². The average Bonchev–Trinajstić information content (AvgIpc) is 3.05. The fraction of sp³-hybridized carbons (Fsp3) is 0.346. The van der Waals surface area contributed by atoms with Crippen LogP contribution in [0, 0.1) is 5.92 Å². The van der Waals surface area contributed by atoms with Crippen molar-refractivity contribution in [2.45, 2.75) is 33.6 Å². The second kappa shape index (κ2) is 9.48. The van der Waals surface area contributed by atoms with Crippen molar-refractivity contribution in [2.24, 2.45) is 5.92 Å². The Morgan fingerprint density at radius 2 is 1.64 bits per heavy atom. The van der Waals surface area contributed by atoms with Crippen LogP contribution in [-0.2, 0) is 14.4 Å². The molecule has 2 aliphatic rings. The van der Waals surface area contributed by atoms with Crippen molar-refractivity contribution >= 4 is 34.7 Å². The first-order valence-electron chi connectivity index (χ1n) is 11.4. The number of anilines is 2. The molecule has 2 aromatic rings. The molecule has 0 bridgehead atoms. The summed E-state index contributed by atoms with van der Waals surface area (Å²) in [4.78, 5) is 41.9. The molecule has 0 spiro atoms. The molecule has 0 radical (unpaired) electrons. The Kier molecular flexibility index (Phi) is 6.49. The summed E-state index contributed by atoms with van der Waals surface area (Å²) in [5, 5.41) is 2.70. The summed E-state index contributed by atoms with van der Waals surface area (Å²) in [7, 11) is 0. The van der Waals surface area contributed by atoms with E-state index in [-0.39, 0.29) is 17.7 Å². The van der Waals surface area contributed by atoms with E-state index in [0.29, 0.717) is 40.7 Å². The van der Waals surface area contributed by atoms with E-state index in [4.69, 9.17) is 4.74 Å². The number of benzene rings is 2. The second-order valence-corrected chi connectivity index (χ2v) is 8.52. The van der Waals surface area contributed by atoms with Gasteiger partial charge < -0.3 is 15.0 Å². The second-order valence-electron chi connectivity index (χ2n) is 8.52. The van der Waals surface area contributed by atoms with Gasteiger partial charge in [-0.25, -0.2) is 4.90 Å². The Labute approximate surface area is 194 Å². The number of hydrogen-bond donors (Lipinski definition) is 1. The van der Waals surface area contributed by atoms with Gasteiger partial charge in [-0.1, -0.05) is 19.1 Å². The molecule has 0 saturated carbocycles. The first kappa shape index (κ1) is 22.6. The summed E-state index contributed by atoms with van der Waals surface area (Å²) < 4.78 is 5.54. The van der Waals surface area contributed by atoms with Crippen LogP contribution >= 0.6 is 0 Å². The van der Waals surface area contributed by atoms with Gasteiger partial charge in [0.15, 0.2) is 0 Å². The Hall–Kier alpha value is -3.61. The molecular weight excluding hydrogens is 418 g/mol. The number of amides is 3. The van der Waals surface area contributed by atoms with Crippen molar-refractivity contribution < 1.29 is 19.1 Å². The summed E-state index contributed by atoms with van der Waals surface area (Å²) in [5.74, 6) is 0.478. The molecular formula is C26H29N3O4. The standard InChI is InChI=1S/C26H29N3O4/c1-4-33-22-11-5-19(6-12-22)23-24(28-15-13-17(2)14-16-28)26(32)29(25(23)31)21-9-7-20(8-10-21)27-18(3)30/h5-12,17H,4,13-16H2,1-3H3,(H,27,30). The van der Waals surface area contributed by atoms with Gasteiger partial charge in [0, 0.05) is 25.7 Å². The topological polar surface area (TPSA) is 79.0 Å². The minimum Gasteiger partial charge on any atom is -0.494 e. The minimum absolute atomic E-state index is 0.183. The minimum atomic E-state index is -0.343. The Bertz CT molecular complexity index is 1080. The zero-order valence-corrected chi connectivity index (χ0v) is 19.3.